The van der Waals surface area contributed by atoms with Crippen LogP contribution >= 0.6 is 0 Å². The molecule has 0 bridgehead atoms. The van der Waals surface area contributed by atoms with Crippen LogP contribution in [0.15, 0.2) is 23.8 Å². The molecular formula is C26H40O8. The molecule has 0 radical (unpaired) electrons. The van der Waals surface area contributed by atoms with Gasteiger partial charge in [0.2, 0.25) is 0 Å². The smallest absolute Gasteiger partial charge is 0.186 e. The first-order valence-corrected chi connectivity index (χ1v) is 12.7. The fourth-order valence-corrected chi connectivity index (χ4v) is 7.81. The van der Waals surface area contributed by atoms with Crippen molar-refractivity contribution in [3.8, 4) is 0 Å². The van der Waals surface area contributed by atoms with Crippen LogP contribution in [0.5, 0.6) is 0 Å². The van der Waals surface area contributed by atoms with Gasteiger partial charge >= 0.3 is 0 Å². The summed E-state index contributed by atoms with van der Waals surface area (Å²) in [6.45, 7) is 8.88. The minimum absolute atomic E-state index is 0.0188. The molecule has 5 rings (SSSR count). The first-order chi connectivity index (χ1) is 16.1. The zero-order valence-electron chi connectivity index (χ0n) is 20.2. The van der Waals surface area contributed by atoms with Crippen LogP contribution in [0.1, 0.15) is 46.0 Å². The van der Waals surface area contributed by atoms with Crippen molar-refractivity contribution in [2.24, 2.45) is 28.6 Å². The molecule has 1 unspecified atom stereocenters. The van der Waals surface area contributed by atoms with Gasteiger partial charge < -0.3 is 39.7 Å². The van der Waals surface area contributed by atoms with Crippen molar-refractivity contribution in [2.75, 3.05) is 19.8 Å². The Morgan fingerprint density at radius 3 is 2.59 bits per heavy atom. The van der Waals surface area contributed by atoms with E-state index in [1.165, 1.54) is 11.1 Å². The summed E-state index contributed by atoms with van der Waals surface area (Å²) in [7, 11) is 0. The Kier molecular flexibility index (Phi) is 6.52. The lowest BCUT2D eigenvalue weighted by Gasteiger charge is -2.61. The molecule has 12 atom stereocenters. The molecule has 2 heterocycles. The van der Waals surface area contributed by atoms with Gasteiger partial charge in [-0.3, -0.25) is 0 Å². The van der Waals surface area contributed by atoms with Crippen molar-refractivity contribution >= 4 is 0 Å². The predicted molar refractivity (Wildman–Crippen MR) is 122 cm³/mol. The number of aliphatic hydroxyl groups is 5. The van der Waals surface area contributed by atoms with E-state index in [-0.39, 0.29) is 24.0 Å². The molecule has 4 fully saturated rings. The van der Waals surface area contributed by atoms with E-state index in [0.29, 0.717) is 24.9 Å². The highest BCUT2D eigenvalue weighted by Crippen LogP contribution is 2.63. The predicted octanol–water partition coefficient (Wildman–Crippen LogP) is 0.898. The average molecular weight is 481 g/mol. The zero-order valence-corrected chi connectivity index (χ0v) is 20.2. The van der Waals surface area contributed by atoms with E-state index >= 15 is 0 Å². The quantitative estimate of drug-likeness (QED) is 0.376. The summed E-state index contributed by atoms with van der Waals surface area (Å²) < 4.78 is 17.7. The minimum atomic E-state index is -1.48. The summed E-state index contributed by atoms with van der Waals surface area (Å²) in [6.07, 6.45) is -0.134. The van der Waals surface area contributed by atoms with Crippen molar-refractivity contribution < 1.29 is 39.7 Å². The third-order valence-electron chi connectivity index (χ3n) is 9.94. The molecule has 0 aromatic heterocycles. The van der Waals surface area contributed by atoms with E-state index in [9.17, 15) is 25.5 Å². The van der Waals surface area contributed by atoms with Gasteiger partial charge in [-0.2, -0.15) is 0 Å². The Morgan fingerprint density at radius 2 is 1.85 bits per heavy atom. The summed E-state index contributed by atoms with van der Waals surface area (Å²) in [5.41, 5.74) is 2.00. The molecule has 192 valence electrons. The van der Waals surface area contributed by atoms with Crippen LogP contribution in [0, 0.1) is 28.6 Å². The lowest BCUT2D eigenvalue weighted by molar-refractivity contribution is -0.312. The summed E-state index contributed by atoms with van der Waals surface area (Å²) in [5.74, 6) is 0.957. The Labute approximate surface area is 201 Å². The van der Waals surface area contributed by atoms with Gasteiger partial charge in [-0.15, -0.1) is 0 Å². The van der Waals surface area contributed by atoms with Gasteiger partial charge in [0.15, 0.2) is 6.29 Å². The monoisotopic (exact) mass is 480 g/mol. The topological polar surface area (TPSA) is 129 Å². The maximum atomic E-state index is 11.2. The van der Waals surface area contributed by atoms with E-state index in [0.717, 1.165) is 25.7 Å². The highest BCUT2D eigenvalue weighted by molar-refractivity contribution is 5.31. The van der Waals surface area contributed by atoms with Gasteiger partial charge in [0.05, 0.1) is 32.0 Å². The van der Waals surface area contributed by atoms with E-state index in [4.69, 9.17) is 14.2 Å². The number of hydrogen-bond donors (Lipinski definition) is 5. The van der Waals surface area contributed by atoms with Crippen molar-refractivity contribution in [1.29, 1.82) is 0 Å². The number of hydrogen-bond acceptors (Lipinski definition) is 8. The van der Waals surface area contributed by atoms with Crippen molar-refractivity contribution in [3.05, 3.63) is 23.8 Å². The third kappa shape index (κ3) is 3.65. The number of aliphatic hydroxyl groups excluding tert-OH is 5. The Balaban J connectivity index is 1.37. The molecule has 5 aliphatic rings. The molecule has 2 aliphatic heterocycles. The largest absolute Gasteiger partial charge is 0.394 e. The first-order valence-electron chi connectivity index (χ1n) is 12.7. The van der Waals surface area contributed by atoms with Gasteiger partial charge in [-0.05, 0) is 60.5 Å². The number of allylic oxidation sites excluding steroid dienone is 1. The second-order valence-electron chi connectivity index (χ2n) is 11.7. The Bertz CT molecular complexity index is 828. The number of fused-ring (bicyclic) bond motifs is 5. The summed E-state index contributed by atoms with van der Waals surface area (Å²) in [6, 6.07) is 0. The maximum Gasteiger partial charge on any atom is 0.186 e. The zero-order chi connectivity index (χ0) is 24.4. The fraction of sp³-hybridized carbons (Fsp3) is 0.846. The third-order valence-corrected chi connectivity index (χ3v) is 9.94. The number of ether oxygens (including phenoxy) is 3. The van der Waals surface area contributed by atoms with E-state index < -0.39 is 48.8 Å². The molecule has 3 aliphatic carbocycles. The van der Waals surface area contributed by atoms with Crippen molar-refractivity contribution in [1.82, 2.24) is 0 Å². The van der Waals surface area contributed by atoms with E-state index in [1.807, 2.05) is 6.92 Å². The Morgan fingerprint density at radius 1 is 1.09 bits per heavy atom. The SMILES string of the molecule is C=C1CO[C@H]2C3=CC[C@@H]4[C@@](C)(CO[C@@H]5O[C@H](CO)[C@@H](O)[C@H](O)[C@H]5O)[C@H](O)CC[C@@]4(C)[C@@H]3CCC12. The molecule has 2 saturated heterocycles. The molecule has 0 aromatic rings. The first kappa shape index (κ1) is 24.8. The molecule has 34 heavy (non-hydrogen) atoms. The van der Waals surface area contributed by atoms with E-state index in [1.54, 1.807) is 0 Å². The van der Waals surface area contributed by atoms with Crippen LogP contribution in [0.3, 0.4) is 0 Å². The van der Waals surface area contributed by atoms with Gasteiger partial charge in [0.25, 0.3) is 0 Å². The van der Waals surface area contributed by atoms with Gasteiger partial charge in [-0.1, -0.05) is 26.5 Å². The van der Waals surface area contributed by atoms with Crippen molar-refractivity contribution in [3.63, 3.8) is 0 Å². The van der Waals surface area contributed by atoms with Crippen LogP contribution < -0.4 is 0 Å². The highest BCUT2D eigenvalue weighted by atomic mass is 16.7. The second kappa shape index (κ2) is 8.92. The highest BCUT2D eigenvalue weighted by Gasteiger charge is 2.60. The standard InChI is InChI=1S/C26H40O8/c1-13-11-32-23-14(13)4-6-16-15(23)5-7-18-25(16,2)9-8-19(28)26(18,3)12-33-24-22(31)21(30)20(29)17(10-27)34-24/h5,14,16-24,27-31H,1,4,6-12H2,2-3H3/t14?,16-,17-,18+,19-,20-,21+,22-,23-,24-,25+,26-/m1/s1. The molecule has 0 spiro atoms. The van der Waals surface area contributed by atoms with Crippen LogP contribution in [-0.4, -0.2) is 88.3 Å². The maximum absolute atomic E-state index is 11.2. The molecule has 8 nitrogen and oxygen atoms in total. The Hall–Kier alpha value is -0.840. The summed E-state index contributed by atoms with van der Waals surface area (Å²) >= 11 is 0. The molecular weight excluding hydrogens is 440 g/mol. The molecule has 0 aromatic carbocycles. The van der Waals surface area contributed by atoms with Crippen LogP contribution in [0.4, 0.5) is 0 Å². The number of rotatable bonds is 4. The molecule has 0 amide bonds. The van der Waals surface area contributed by atoms with Crippen LogP contribution in [0.25, 0.3) is 0 Å². The summed E-state index contributed by atoms with van der Waals surface area (Å²) in [5, 5.41) is 51.2. The summed E-state index contributed by atoms with van der Waals surface area (Å²) in [4.78, 5) is 0. The molecule has 5 N–H and O–H groups in total. The lowest BCUT2D eigenvalue weighted by Crippen LogP contribution is -2.61. The normalized spacial score (nSPS) is 53.0. The van der Waals surface area contributed by atoms with Gasteiger partial charge in [0, 0.05) is 11.3 Å². The minimum Gasteiger partial charge on any atom is -0.394 e. The average Bonchev–Trinajstić information content (AvgIpc) is 3.21. The van der Waals surface area contributed by atoms with Crippen LogP contribution in [0.2, 0.25) is 0 Å². The van der Waals surface area contributed by atoms with Crippen molar-refractivity contribution in [2.45, 2.75) is 88.9 Å². The fourth-order valence-electron chi connectivity index (χ4n) is 7.81. The van der Waals surface area contributed by atoms with Gasteiger partial charge in [-0.25, -0.2) is 0 Å². The molecule has 2 saturated carbocycles. The van der Waals surface area contributed by atoms with Crippen LogP contribution in [-0.2, 0) is 14.2 Å². The van der Waals surface area contributed by atoms with E-state index in [2.05, 4.69) is 19.6 Å². The van der Waals surface area contributed by atoms with Gasteiger partial charge in [0.1, 0.15) is 24.4 Å². The second-order valence-corrected chi connectivity index (χ2v) is 11.7. The molecule has 8 heteroatoms. The lowest BCUT2D eigenvalue weighted by atomic mass is 9.45.